The van der Waals surface area contributed by atoms with Gasteiger partial charge in [-0.25, -0.2) is 0 Å². The standard InChI is InChI=1S/C15H25NO3/c17-13(18)9-3-1-2-6-10-16-15(19)14-11-7-4-5-8-12(11)14/h11-12,14H,1-10H2,(H,16,19)(H,17,18). The van der Waals surface area contributed by atoms with Crippen LogP contribution in [0.1, 0.15) is 57.8 Å². The quantitative estimate of drug-likeness (QED) is 0.664. The van der Waals surface area contributed by atoms with Gasteiger partial charge in [0.1, 0.15) is 0 Å². The fourth-order valence-corrected chi connectivity index (χ4v) is 3.47. The van der Waals surface area contributed by atoms with Gasteiger partial charge < -0.3 is 10.4 Å². The molecule has 2 aliphatic rings. The van der Waals surface area contributed by atoms with Crippen molar-refractivity contribution in [3.63, 3.8) is 0 Å². The minimum atomic E-state index is -0.718. The first-order valence-electron chi connectivity index (χ1n) is 7.69. The fraction of sp³-hybridized carbons (Fsp3) is 0.867. The van der Waals surface area contributed by atoms with Crippen LogP contribution in [0, 0.1) is 17.8 Å². The van der Waals surface area contributed by atoms with Gasteiger partial charge in [-0.15, -0.1) is 0 Å². The zero-order valence-corrected chi connectivity index (χ0v) is 11.6. The van der Waals surface area contributed by atoms with Crippen molar-refractivity contribution in [3.05, 3.63) is 0 Å². The molecule has 4 nitrogen and oxygen atoms in total. The average molecular weight is 267 g/mol. The number of nitrogens with one attached hydrogen (secondary N) is 1. The molecule has 0 bridgehead atoms. The number of carboxylic acids is 1. The second-order valence-corrected chi connectivity index (χ2v) is 5.99. The first kappa shape index (κ1) is 14.4. The predicted molar refractivity (Wildman–Crippen MR) is 72.7 cm³/mol. The van der Waals surface area contributed by atoms with Gasteiger partial charge in [-0.2, -0.15) is 0 Å². The van der Waals surface area contributed by atoms with Crippen LogP contribution in [-0.2, 0) is 9.59 Å². The number of carbonyl (C=O) groups excluding carboxylic acids is 1. The van der Waals surface area contributed by atoms with Crippen molar-refractivity contribution in [2.45, 2.75) is 57.8 Å². The van der Waals surface area contributed by atoms with Crippen molar-refractivity contribution in [1.82, 2.24) is 5.32 Å². The summed E-state index contributed by atoms with van der Waals surface area (Å²) in [4.78, 5) is 22.3. The van der Waals surface area contributed by atoms with Crippen molar-refractivity contribution >= 4 is 11.9 Å². The van der Waals surface area contributed by atoms with Crippen molar-refractivity contribution in [2.75, 3.05) is 6.54 Å². The topological polar surface area (TPSA) is 66.4 Å². The zero-order valence-electron chi connectivity index (χ0n) is 11.6. The molecular formula is C15H25NO3. The summed E-state index contributed by atoms with van der Waals surface area (Å²) >= 11 is 0. The van der Waals surface area contributed by atoms with E-state index in [9.17, 15) is 9.59 Å². The summed E-state index contributed by atoms with van der Waals surface area (Å²) in [6.45, 7) is 0.752. The lowest BCUT2D eigenvalue weighted by Crippen LogP contribution is -2.27. The Morgan fingerprint density at radius 3 is 2.26 bits per heavy atom. The van der Waals surface area contributed by atoms with Crippen molar-refractivity contribution < 1.29 is 14.7 Å². The molecule has 2 saturated carbocycles. The Bertz CT molecular complexity index is 317. The number of rotatable bonds is 8. The monoisotopic (exact) mass is 267 g/mol. The van der Waals surface area contributed by atoms with Crippen molar-refractivity contribution in [2.24, 2.45) is 17.8 Å². The SMILES string of the molecule is O=C(O)CCCCCCNC(=O)C1C2CCCCC21. The Morgan fingerprint density at radius 2 is 1.63 bits per heavy atom. The third kappa shape index (κ3) is 4.22. The van der Waals surface area contributed by atoms with Gasteiger partial charge in [0.2, 0.25) is 5.91 Å². The number of fused-ring (bicyclic) bond motifs is 1. The van der Waals surface area contributed by atoms with Crippen LogP contribution < -0.4 is 5.32 Å². The molecule has 0 aromatic rings. The van der Waals surface area contributed by atoms with Crippen LogP contribution in [-0.4, -0.2) is 23.5 Å². The highest BCUT2D eigenvalue weighted by molar-refractivity contribution is 5.82. The van der Waals surface area contributed by atoms with E-state index >= 15 is 0 Å². The van der Waals surface area contributed by atoms with Gasteiger partial charge in [-0.3, -0.25) is 9.59 Å². The van der Waals surface area contributed by atoms with Crippen LogP contribution in [0.2, 0.25) is 0 Å². The highest BCUT2D eigenvalue weighted by Crippen LogP contribution is 2.55. The molecule has 0 spiro atoms. The Kier molecular flexibility index (Phi) is 5.23. The number of unbranched alkanes of at least 4 members (excludes halogenated alkanes) is 3. The van der Waals surface area contributed by atoms with E-state index in [4.69, 9.17) is 5.11 Å². The first-order valence-corrected chi connectivity index (χ1v) is 7.69. The van der Waals surface area contributed by atoms with E-state index in [0.717, 1.165) is 32.2 Å². The van der Waals surface area contributed by atoms with Crippen LogP contribution in [0.15, 0.2) is 0 Å². The molecule has 19 heavy (non-hydrogen) atoms. The van der Waals surface area contributed by atoms with Gasteiger partial charge in [0.15, 0.2) is 0 Å². The summed E-state index contributed by atoms with van der Waals surface area (Å²) in [5, 5.41) is 11.5. The van der Waals surface area contributed by atoms with Gasteiger partial charge in [0, 0.05) is 18.9 Å². The van der Waals surface area contributed by atoms with E-state index in [-0.39, 0.29) is 12.3 Å². The van der Waals surface area contributed by atoms with Crippen LogP contribution >= 0.6 is 0 Å². The number of hydrogen-bond donors (Lipinski definition) is 2. The maximum Gasteiger partial charge on any atom is 0.303 e. The van der Waals surface area contributed by atoms with Gasteiger partial charge >= 0.3 is 5.97 Å². The number of aliphatic carboxylic acids is 1. The van der Waals surface area contributed by atoms with Gasteiger partial charge in [0.25, 0.3) is 0 Å². The van der Waals surface area contributed by atoms with E-state index in [1.807, 2.05) is 0 Å². The molecule has 4 heteroatoms. The van der Waals surface area contributed by atoms with Crippen molar-refractivity contribution in [3.8, 4) is 0 Å². The second-order valence-electron chi connectivity index (χ2n) is 5.99. The molecule has 2 N–H and O–H groups in total. The maximum absolute atomic E-state index is 12.0. The third-order valence-electron chi connectivity index (χ3n) is 4.58. The molecule has 1 amide bonds. The van der Waals surface area contributed by atoms with Crippen LogP contribution in [0.4, 0.5) is 0 Å². The lowest BCUT2D eigenvalue weighted by Gasteiger charge is -2.04. The molecule has 0 aliphatic heterocycles. The van der Waals surface area contributed by atoms with E-state index in [2.05, 4.69) is 5.32 Å². The minimum Gasteiger partial charge on any atom is -0.481 e. The van der Waals surface area contributed by atoms with Gasteiger partial charge in [-0.1, -0.05) is 25.7 Å². The van der Waals surface area contributed by atoms with E-state index in [1.165, 1.54) is 25.7 Å². The molecule has 0 heterocycles. The molecule has 2 unspecified atom stereocenters. The Hall–Kier alpha value is -1.06. The minimum absolute atomic E-state index is 0.262. The van der Waals surface area contributed by atoms with Gasteiger partial charge in [-0.05, 0) is 37.5 Å². The van der Waals surface area contributed by atoms with E-state index in [0.29, 0.717) is 17.8 Å². The van der Waals surface area contributed by atoms with Crippen LogP contribution in [0.3, 0.4) is 0 Å². The third-order valence-corrected chi connectivity index (χ3v) is 4.58. The Labute approximate surface area is 115 Å². The normalized spacial score (nSPS) is 28.5. The van der Waals surface area contributed by atoms with E-state index < -0.39 is 5.97 Å². The summed E-state index contributed by atoms with van der Waals surface area (Å²) in [6.07, 6.45) is 9.02. The highest BCUT2D eigenvalue weighted by atomic mass is 16.4. The largest absolute Gasteiger partial charge is 0.481 e. The van der Waals surface area contributed by atoms with E-state index in [1.54, 1.807) is 0 Å². The van der Waals surface area contributed by atoms with Crippen LogP contribution in [0.5, 0.6) is 0 Å². The number of carbonyl (C=O) groups is 2. The lowest BCUT2D eigenvalue weighted by molar-refractivity contribution is -0.137. The smallest absolute Gasteiger partial charge is 0.303 e. The summed E-state index contributed by atoms with van der Waals surface area (Å²) in [5.74, 6) is 1.23. The molecule has 2 fully saturated rings. The zero-order chi connectivity index (χ0) is 13.7. The maximum atomic E-state index is 12.0. The molecule has 2 atom stereocenters. The predicted octanol–water partition coefficient (Wildman–Crippen LogP) is 2.57. The summed E-state index contributed by atoms with van der Waals surface area (Å²) < 4.78 is 0. The molecule has 2 rings (SSSR count). The van der Waals surface area contributed by atoms with Crippen molar-refractivity contribution in [1.29, 1.82) is 0 Å². The van der Waals surface area contributed by atoms with Gasteiger partial charge in [0.05, 0.1) is 0 Å². The highest BCUT2D eigenvalue weighted by Gasteiger charge is 2.54. The molecule has 0 aromatic heterocycles. The molecule has 0 radical (unpaired) electrons. The average Bonchev–Trinajstić information content (AvgIpc) is 3.11. The number of carboxylic acid groups (broad SMARTS) is 1. The Morgan fingerprint density at radius 1 is 1.00 bits per heavy atom. The first-order chi connectivity index (χ1) is 9.20. The summed E-state index contributed by atoms with van der Waals surface area (Å²) in [7, 11) is 0. The Balaban J connectivity index is 1.47. The second kappa shape index (κ2) is 6.92. The molecule has 0 saturated heterocycles. The summed E-state index contributed by atoms with van der Waals surface area (Å²) in [6, 6.07) is 0. The number of amides is 1. The fourth-order valence-electron chi connectivity index (χ4n) is 3.47. The van der Waals surface area contributed by atoms with Crippen LogP contribution in [0.25, 0.3) is 0 Å². The molecule has 108 valence electrons. The number of hydrogen-bond acceptors (Lipinski definition) is 2. The molecular weight excluding hydrogens is 242 g/mol. The lowest BCUT2D eigenvalue weighted by atomic mass is 10.0. The molecule has 2 aliphatic carbocycles. The molecule has 0 aromatic carbocycles. The summed E-state index contributed by atoms with van der Waals surface area (Å²) in [5.41, 5.74) is 0.